The quantitative estimate of drug-likeness (QED) is 0.842. The van der Waals surface area contributed by atoms with Gasteiger partial charge >= 0.3 is 0 Å². The van der Waals surface area contributed by atoms with Crippen LogP contribution in [-0.4, -0.2) is 31.2 Å². The molecule has 2 aromatic carbocycles. The summed E-state index contributed by atoms with van der Waals surface area (Å²) in [7, 11) is 1.95. The maximum atomic E-state index is 12.1. The number of likely N-dealkylation sites (N-methyl/N-ethyl adjacent to an activating group) is 1. The molecule has 0 aromatic heterocycles. The van der Waals surface area contributed by atoms with E-state index in [0.717, 1.165) is 30.0 Å². The van der Waals surface area contributed by atoms with E-state index in [4.69, 9.17) is 9.47 Å². The third-order valence-corrected chi connectivity index (χ3v) is 4.22. The summed E-state index contributed by atoms with van der Waals surface area (Å²) in [5.74, 6) is 1.49. The first-order chi connectivity index (χ1) is 12.1. The Hall–Kier alpha value is -2.53. The van der Waals surface area contributed by atoms with Gasteiger partial charge in [0.2, 0.25) is 12.7 Å². The van der Waals surface area contributed by atoms with Gasteiger partial charge in [-0.05, 0) is 42.3 Å². The van der Waals surface area contributed by atoms with Crippen LogP contribution >= 0.6 is 0 Å². The second-order valence-electron chi connectivity index (χ2n) is 6.31. The second-order valence-corrected chi connectivity index (χ2v) is 6.31. The Morgan fingerprint density at radius 3 is 2.48 bits per heavy atom. The highest BCUT2D eigenvalue weighted by molar-refractivity contribution is 5.78. The fraction of sp³-hybridized carbons (Fsp3) is 0.350. The number of benzene rings is 2. The molecule has 5 nitrogen and oxygen atoms in total. The van der Waals surface area contributed by atoms with Gasteiger partial charge in [0.25, 0.3) is 0 Å². The molecule has 0 radical (unpaired) electrons. The molecule has 0 bridgehead atoms. The number of nitrogens with zero attached hydrogens (tertiary/aromatic N) is 1. The van der Waals surface area contributed by atoms with Crippen molar-refractivity contribution in [3.05, 3.63) is 59.2 Å². The number of rotatable bonds is 7. The highest BCUT2D eigenvalue weighted by Crippen LogP contribution is 2.32. The summed E-state index contributed by atoms with van der Waals surface area (Å²) < 4.78 is 10.6. The minimum atomic E-state index is 0.00495. The van der Waals surface area contributed by atoms with Gasteiger partial charge in [0.05, 0.1) is 6.54 Å². The summed E-state index contributed by atoms with van der Waals surface area (Å²) >= 11 is 0. The predicted octanol–water partition coefficient (Wildman–Crippen LogP) is 2.73. The smallest absolute Gasteiger partial charge is 0.234 e. The number of carbonyl (C=O) groups is 1. The Morgan fingerprint density at radius 1 is 1.04 bits per heavy atom. The van der Waals surface area contributed by atoms with Crippen molar-refractivity contribution < 1.29 is 14.3 Å². The van der Waals surface area contributed by atoms with E-state index in [1.54, 1.807) is 0 Å². The fourth-order valence-corrected chi connectivity index (χ4v) is 2.80. The number of hydrogen-bond donors (Lipinski definition) is 1. The molecular weight excluding hydrogens is 316 g/mol. The van der Waals surface area contributed by atoms with E-state index >= 15 is 0 Å². The Morgan fingerprint density at radius 2 is 1.72 bits per heavy atom. The van der Waals surface area contributed by atoms with Crippen LogP contribution in [0.25, 0.3) is 0 Å². The van der Waals surface area contributed by atoms with Crippen LogP contribution in [0.2, 0.25) is 0 Å². The zero-order valence-corrected chi connectivity index (χ0v) is 14.7. The molecule has 1 N–H and O–H groups in total. The van der Waals surface area contributed by atoms with Gasteiger partial charge in [-0.25, -0.2) is 0 Å². The predicted molar refractivity (Wildman–Crippen MR) is 96.6 cm³/mol. The lowest BCUT2D eigenvalue weighted by Gasteiger charge is -2.16. The number of ether oxygens (including phenoxy) is 2. The lowest BCUT2D eigenvalue weighted by atomic mass is 10.1. The second kappa shape index (κ2) is 8.03. The van der Waals surface area contributed by atoms with Crippen LogP contribution in [0.5, 0.6) is 11.5 Å². The molecule has 2 aromatic rings. The summed E-state index contributed by atoms with van der Waals surface area (Å²) in [6.45, 7) is 4.00. The largest absolute Gasteiger partial charge is 0.454 e. The maximum Gasteiger partial charge on any atom is 0.234 e. The maximum absolute atomic E-state index is 12.1. The lowest BCUT2D eigenvalue weighted by molar-refractivity contribution is -0.122. The number of carbonyl (C=O) groups excluding carboxylic acids is 1. The van der Waals surface area contributed by atoms with Crippen LogP contribution in [0, 0.1) is 0 Å². The standard InChI is InChI=1S/C20H24N2O3/c1-3-15-4-6-16(7-5-15)12-22(2)13-20(23)21-11-17-8-9-18-19(10-17)25-14-24-18/h4-10H,3,11-14H2,1-2H3,(H,21,23). The molecule has 1 aliphatic rings. The Bertz CT molecular complexity index is 728. The SMILES string of the molecule is CCc1ccc(CN(C)CC(=O)NCc2ccc3c(c2)OCO3)cc1. The Kier molecular flexibility index (Phi) is 5.56. The van der Waals surface area contributed by atoms with E-state index in [9.17, 15) is 4.79 Å². The van der Waals surface area contributed by atoms with Gasteiger partial charge in [-0.3, -0.25) is 9.69 Å². The lowest BCUT2D eigenvalue weighted by Crippen LogP contribution is -2.34. The average molecular weight is 340 g/mol. The minimum absolute atomic E-state index is 0.00495. The van der Waals surface area contributed by atoms with Crippen molar-refractivity contribution in [2.75, 3.05) is 20.4 Å². The van der Waals surface area contributed by atoms with E-state index < -0.39 is 0 Å². The van der Waals surface area contributed by atoms with Crippen LogP contribution < -0.4 is 14.8 Å². The molecule has 0 fully saturated rings. The Balaban J connectivity index is 1.45. The molecule has 132 valence electrons. The van der Waals surface area contributed by atoms with Crippen molar-refractivity contribution in [2.24, 2.45) is 0 Å². The molecule has 0 spiro atoms. The monoisotopic (exact) mass is 340 g/mol. The summed E-state index contributed by atoms with van der Waals surface area (Å²) in [5, 5.41) is 2.95. The van der Waals surface area contributed by atoms with E-state index in [1.807, 2.05) is 30.1 Å². The molecule has 0 atom stereocenters. The molecule has 3 rings (SSSR count). The zero-order valence-electron chi connectivity index (χ0n) is 14.7. The summed E-state index contributed by atoms with van der Waals surface area (Å²) in [6.07, 6.45) is 1.04. The third kappa shape index (κ3) is 4.73. The van der Waals surface area contributed by atoms with E-state index in [2.05, 4.69) is 36.5 Å². The topological polar surface area (TPSA) is 50.8 Å². The molecule has 0 unspecified atom stereocenters. The molecular formula is C20H24N2O3. The molecule has 0 saturated carbocycles. The van der Waals surface area contributed by atoms with Gasteiger partial charge in [-0.15, -0.1) is 0 Å². The van der Waals surface area contributed by atoms with Crippen LogP contribution in [-0.2, 0) is 24.3 Å². The number of nitrogens with one attached hydrogen (secondary N) is 1. The summed E-state index contributed by atoms with van der Waals surface area (Å²) in [4.78, 5) is 14.2. The number of hydrogen-bond acceptors (Lipinski definition) is 4. The first kappa shape index (κ1) is 17.3. The molecule has 5 heteroatoms. The van der Waals surface area contributed by atoms with E-state index in [1.165, 1.54) is 11.1 Å². The summed E-state index contributed by atoms with van der Waals surface area (Å²) in [6, 6.07) is 14.2. The number of aryl methyl sites for hydroxylation is 1. The van der Waals surface area contributed by atoms with Crippen molar-refractivity contribution in [1.29, 1.82) is 0 Å². The van der Waals surface area contributed by atoms with Gasteiger partial charge in [-0.1, -0.05) is 37.3 Å². The van der Waals surface area contributed by atoms with Crippen molar-refractivity contribution in [3.63, 3.8) is 0 Å². The van der Waals surface area contributed by atoms with Crippen LogP contribution in [0.4, 0.5) is 0 Å². The Labute approximate surface area is 148 Å². The minimum Gasteiger partial charge on any atom is -0.454 e. The molecule has 0 aliphatic carbocycles. The number of fused-ring (bicyclic) bond motifs is 1. The molecule has 1 aliphatic heterocycles. The highest BCUT2D eigenvalue weighted by Gasteiger charge is 2.13. The van der Waals surface area contributed by atoms with Gasteiger partial charge in [-0.2, -0.15) is 0 Å². The van der Waals surface area contributed by atoms with Gasteiger partial charge in [0, 0.05) is 13.1 Å². The fourth-order valence-electron chi connectivity index (χ4n) is 2.80. The normalized spacial score (nSPS) is 12.4. The summed E-state index contributed by atoms with van der Waals surface area (Å²) in [5.41, 5.74) is 3.53. The third-order valence-electron chi connectivity index (χ3n) is 4.22. The van der Waals surface area contributed by atoms with Crippen molar-refractivity contribution in [1.82, 2.24) is 10.2 Å². The van der Waals surface area contributed by atoms with Crippen LogP contribution in [0.15, 0.2) is 42.5 Å². The van der Waals surface area contributed by atoms with Crippen LogP contribution in [0.1, 0.15) is 23.6 Å². The van der Waals surface area contributed by atoms with Gasteiger partial charge in [0.1, 0.15) is 0 Å². The van der Waals surface area contributed by atoms with E-state index in [-0.39, 0.29) is 12.7 Å². The van der Waals surface area contributed by atoms with Crippen molar-refractivity contribution >= 4 is 5.91 Å². The molecule has 1 heterocycles. The van der Waals surface area contributed by atoms with Crippen molar-refractivity contribution in [2.45, 2.75) is 26.4 Å². The average Bonchev–Trinajstić information content (AvgIpc) is 3.08. The molecule has 0 saturated heterocycles. The molecule has 1 amide bonds. The first-order valence-corrected chi connectivity index (χ1v) is 8.55. The van der Waals surface area contributed by atoms with Gasteiger partial charge in [0.15, 0.2) is 11.5 Å². The number of amides is 1. The molecule has 25 heavy (non-hydrogen) atoms. The highest BCUT2D eigenvalue weighted by atomic mass is 16.7. The van der Waals surface area contributed by atoms with Gasteiger partial charge < -0.3 is 14.8 Å². The zero-order chi connectivity index (χ0) is 17.6. The first-order valence-electron chi connectivity index (χ1n) is 8.55. The van der Waals surface area contributed by atoms with Crippen LogP contribution in [0.3, 0.4) is 0 Å². The van der Waals surface area contributed by atoms with Crippen molar-refractivity contribution in [3.8, 4) is 11.5 Å². The van der Waals surface area contributed by atoms with E-state index in [0.29, 0.717) is 13.1 Å².